The molecule has 0 spiro atoms. The first-order chi connectivity index (χ1) is 16.2. The lowest BCUT2D eigenvalue weighted by atomic mass is 10.1. The summed E-state index contributed by atoms with van der Waals surface area (Å²) in [6, 6.07) is 19.6. The fourth-order valence-electron chi connectivity index (χ4n) is 4.43. The van der Waals surface area contributed by atoms with Gasteiger partial charge in [-0.05, 0) is 55.1 Å². The van der Waals surface area contributed by atoms with Gasteiger partial charge in [-0.3, -0.25) is 9.69 Å². The average Bonchev–Trinajstić information content (AvgIpc) is 2.83. The van der Waals surface area contributed by atoms with Crippen LogP contribution in [0.3, 0.4) is 0 Å². The quantitative estimate of drug-likeness (QED) is 0.403. The van der Waals surface area contributed by atoms with Crippen LogP contribution in [0.1, 0.15) is 12.8 Å². The summed E-state index contributed by atoms with van der Waals surface area (Å²) in [7, 11) is 0. The molecule has 0 saturated carbocycles. The Bertz CT molecular complexity index is 1310. The minimum Gasteiger partial charge on any atom is -0.478 e. The van der Waals surface area contributed by atoms with Crippen LogP contribution in [0.2, 0.25) is 5.02 Å². The van der Waals surface area contributed by atoms with Crippen molar-refractivity contribution in [2.24, 2.45) is 0 Å². The van der Waals surface area contributed by atoms with Crippen LogP contribution in [-0.2, 0) is 0 Å². The van der Waals surface area contributed by atoms with E-state index < -0.39 is 0 Å². The van der Waals surface area contributed by atoms with E-state index in [9.17, 15) is 4.79 Å². The highest BCUT2D eigenvalue weighted by atomic mass is 35.5. The minimum absolute atomic E-state index is 0.155. The zero-order valence-electron chi connectivity index (χ0n) is 18.5. The highest BCUT2D eigenvalue weighted by molar-refractivity contribution is 6.31. The van der Waals surface area contributed by atoms with E-state index in [1.54, 1.807) is 6.07 Å². The first-order valence-corrected chi connectivity index (χ1v) is 11.8. The standard InChI is InChI=1S/C26H27ClN4O2/c27-21-8-9-22-20(18-21)4-3-5-23(22)31-15-13-30(14-16-31)12-1-2-17-33-25-11-7-19-6-10-24(32)28-26(19)29-25/h3-11,18H,1-2,12-17H2,(H,28,29,32). The number of nitrogens with zero attached hydrogens (tertiary/aromatic N) is 3. The van der Waals surface area contributed by atoms with Crippen LogP contribution in [0.25, 0.3) is 21.8 Å². The summed E-state index contributed by atoms with van der Waals surface area (Å²) in [4.78, 5) is 23.6. The van der Waals surface area contributed by atoms with Crippen molar-refractivity contribution in [1.82, 2.24) is 14.9 Å². The van der Waals surface area contributed by atoms with E-state index >= 15 is 0 Å². The molecule has 1 saturated heterocycles. The maximum atomic E-state index is 11.5. The summed E-state index contributed by atoms with van der Waals surface area (Å²) >= 11 is 6.17. The molecule has 7 heteroatoms. The molecule has 2 aromatic heterocycles. The number of nitrogens with one attached hydrogen (secondary N) is 1. The predicted octanol–water partition coefficient (Wildman–Crippen LogP) is 4.71. The molecule has 0 aliphatic carbocycles. The molecule has 33 heavy (non-hydrogen) atoms. The predicted molar refractivity (Wildman–Crippen MR) is 135 cm³/mol. The van der Waals surface area contributed by atoms with Crippen LogP contribution in [0.5, 0.6) is 5.88 Å². The summed E-state index contributed by atoms with van der Waals surface area (Å²) in [5, 5.41) is 4.13. The van der Waals surface area contributed by atoms with E-state index in [-0.39, 0.29) is 5.56 Å². The minimum atomic E-state index is -0.155. The van der Waals surface area contributed by atoms with E-state index in [1.165, 1.54) is 22.5 Å². The fourth-order valence-corrected chi connectivity index (χ4v) is 4.61. The van der Waals surface area contributed by atoms with Gasteiger partial charge in [0.05, 0.1) is 6.61 Å². The number of anilines is 1. The zero-order chi connectivity index (χ0) is 22.6. The average molecular weight is 463 g/mol. The topological polar surface area (TPSA) is 61.5 Å². The SMILES string of the molecule is O=c1ccc2ccc(OCCCCN3CCN(c4cccc5cc(Cl)ccc45)CC3)nc2[nH]1. The third-order valence-corrected chi connectivity index (χ3v) is 6.44. The molecule has 0 radical (unpaired) electrons. The van der Waals surface area contributed by atoms with Crippen molar-refractivity contribution < 1.29 is 4.74 Å². The number of pyridine rings is 2. The van der Waals surface area contributed by atoms with Gasteiger partial charge in [-0.2, -0.15) is 4.98 Å². The molecule has 1 aliphatic heterocycles. The normalized spacial score (nSPS) is 14.8. The lowest BCUT2D eigenvalue weighted by Crippen LogP contribution is -2.46. The van der Waals surface area contributed by atoms with Crippen molar-refractivity contribution in [2.45, 2.75) is 12.8 Å². The van der Waals surface area contributed by atoms with Gasteiger partial charge >= 0.3 is 0 Å². The first-order valence-electron chi connectivity index (χ1n) is 11.4. The Morgan fingerprint density at radius 2 is 1.79 bits per heavy atom. The molecule has 6 nitrogen and oxygen atoms in total. The Labute approximate surface area is 197 Å². The number of hydrogen-bond donors (Lipinski definition) is 1. The van der Waals surface area contributed by atoms with Crippen molar-refractivity contribution in [1.29, 1.82) is 0 Å². The Balaban J connectivity index is 1.07. The van der Waals surface area contributed by atoms with Crippen LogP contribution >= 0.6 is 11.6 Å². The fraction of sp³-hybridized carbons (Fsp3) is 0.308. The Morgan fingerprint density at radius 1 is 0.939 bits per heavy atom. The third-order valence-electron chi connectivity index (χ3n) is 6.21. The molecule has 0 atom stereocenters. The molecular weight excluding hydrogens is 436 g/mol. The molecule has 3 heterocycles. The van der Waals surface area contributed by atoms with Gasteiger partial charge in [0.2, 0.25) is 11.4 Å². The number of aromatic nitrogens is 2. The second kappa shape index (κ2) is 9.81. The van der Waals surface area contributed by atoms with Crippen LogP contribution < -0.4 is 15.2 Å². The first kappa shape index (κ1) is 21.7. The smallest absolute Gasteiger partial charge is 0.249 e. The molecule has 170 valence electrons. The summed E-state index contributed by atoms with van der Waals surface area (Å²) in [5.41, 5.74) is 1.70. The highest BCUT2D eigenvalue weighted by Gasteiger charge is 2.18. The van der Waals surface area contributed by atoms with Crippen molar-refractivity contribution in [3.63, 3.8) is 0 Å². The maximum Gasteiger partial charge on any atom is 0.249 e. The summed E-state index contributed by atoms with van der Waals surface area (Å²) < 4.78 is 5.80. The van der Waals surface area contributed by atoms with Crippen LogP contribution in [0.4, 0.5) is 5.69 Å². The second-order valence-electron chi connectivity index (χ2n) is 8.44. The van der Waals surface area contributed by atoms with E-state index in [2.05, 4.69) is 44.0 Å². The molecule has 0 bridgehead atoms. The maximum absolute atomic E-state index is 11.5. The lowest BCUT2D eigenvalue weighted by Gasteiger charge is -2.36. The van der Waals surface area contributed by atoms with Gasteiger partial charge in [0.15, 0.2) is 0 Å². The molecule has 0 unspecified atom stereocenters. The third kappa shape index (κ3) is 5.13. The van der Waals surface area contributed by atoms with Crippen molar-refractivity contribution >= 4 is 39.1 Å². The Hall–Kier alpha value is -3.09. The number of unbranched alkanes of at least 4 members (excludes halogenated alkanes) is 1. The van der Waals surface area contributed by atoms with Crippen LogP contribution in [0, 0.1) is 0 Å². The number of ether oxygens (including phenoxy) is 1. The van der Waals surface area contributed by atoms with Gasteiger partial charge < -0.3 is 14.6 Å². The van der Waals surface area contributed by atoms with Gasteiger partial charge in [-0.15, -0.1) is 0 Å². The van der Waals surface area contributed by atoms with Crippen molar-refractivity contribution in [3.8, 4) is 5.88 Å². The lowest BCUT2D eigenvalue weighted by molar-refractivity contribution is 0.237. The van der Waals surface area contributed by atoms with Crippen molar-refractivity contribution in [3.05, 3.63) is 76.0 Å². The number of aromatic amines is 1. The van der Waals surface area contributed by atoms with Gasteiger partial charge in [0, 0.05) is 59.8 Å². The highest BCUT2D eigenvalue weighted by Crippen LogP contribution is 2.29. The number of halogens is 1. The number of H-pyrrole nitrogens is 1. The molecule has 5 rings (SSSR count). The van der Waals surface area contributed by atoms with E-state index in [0.29, 0.717) is 18.1 Å². The number of fused-ring (bicyclic) bond motifs is 2. The molecule has 1 fully saturated rings. The molecular formula is C26H27ClN4O2. The summed E-state index contributed by atoms with van der Waals surface area (Å²) in [5.74, 6) is 0.550. The van der Waals surface area contributed by atoms with Gasteiger partial charge in [0.25, 0.3) is 0 Å². The largest absolute Gasteiger partial charge is 0.478 e. The van der Waals surface area contributed by atoms with Gasteiger partial charge in [-0.25, -0.2) is 0 Å². The van der Waals surface area contributed by atoms with E-state index in [1.807, 2.05) is 24.3 Å². The number of benzene rings is 2. The Kier molecular flexibility index (Phi) is 6.46. The summed E-state index contributed by atoms with van der Waals surface area (Å²) in [6.45, 7) is 5.86. The zero-order valence-corrected chi connectivity index (χ0v) is 19.2. The number of hydrogen-bond acceptors (Lipinski definition) is 5. The second-order valence-corrected chi connectivity index (χ2v) is 8.87. The molecule has 0 amide bonds. The molecule has 2 aromatic carbocycles. The van der Waals surface area contributed by atoms with Gasteiger partial charge in [0.1, 0.15) is 5.65 Å². The number of rotatable bonds is 7. The monoisotopic (exact) mass is 462 g/mol. The van der Waals surface area contributed by atoms with E-state index in [4.69, 9.17) is 16.3 Å². The van der Waals surface area contributed by atoms with Crippen LogP contribution in [-0.4, -0.2) is 54.2 Å². The van der Waals surface area contributed by atoms with Gasteiger partial charge in [-0.1, -0.05) is 29.8 Å². The van der Waals surface area contributed by atoms with Crippen LogP contribution in [0.15, 0.2) is 65.5 Å². The van der Waals surface area contributed by atoms with E-state index in [0.717, 1.165) is 56.0 Å². The molecule has 4 aromatic rings. The summed E-state index contributed by atoms with van der Waals surface area (Å²) in [6.07, 6.45) is 2.05. The molecule has 1 N–H and O–H groups in total. The molecule has 1 aliphatic rings. The van der Waals surface area contributed by atoms with Crippen molar-refractivity contribution in [2.75, 3.05) is 44.2 Å². The Morgan fingerprint density at radius 3 is 2.67 bits per heavy atom. The number of piperazine rings is 1.